The summed E-state index contributed by atoms with van der Waals surface area (Å²) in [6.45, 7) is 5.18. The van der Waals surface area contributed by atoms with Gasteiger partial charge in [0, 0.05) is 25.4 Å². The first-order valence-corrected chi connectivity index (χ1v) is 8.05. The van der Waals surface area contributed by atoms with Crippen molar-refractivity contribution in [2.75, 3.05) is 25.4 Å². The summed E-state index contributed by atoms with van der Waals surface area (Å²) >= 11 is 1.37. The Bertz CT molecular complexity index is 430. The van der Waals surface area contributed by atoms with Gasteiger partial charge in [-0.15, -0.1) is 10.2 Å². The van der Waals surface area contributed by atoms with Gasteiger partial charge in [-0.2, -0.15) is 0 Å². The predicted molar refractivity (Wildman–Crippen MR) is 80.5 cm³/mol. The predicted octanol–water partition coefficient (Wildman–Crippen LogP) is 1.04. The van der Waals surface area contributed by atoms with Gasteiger partial charge in [-0.25, -0.2) is 0 Å². The van der Waals surface area contributed by atoms with Crippen molar-refractivity contribution in [1.82, 2.24) is 20.4 Å². The summed E-state index contributed by atoms with van der Waals surface area (Å²) in [7, 11) is 0. The normalized spacial score (nSPS) is 17.2. The fourth-order valence-electron chi connectivity index (χ4n) is 2.47. The third-order valence-corrected chi connectivity index (χ3v) is 4.51. The average molecular weight is 297 g/mol. The number of carbonyl (C=O) groups excluding carboxylic acids is 1. The van der Waals surface area contributed by atoms with Crippen LogP contribution in [0.4, 0.5) is 5.13 Å². The fraction of sp³-hybridized carbons (Fsp3) is 0.769. The summed E-state index contributed by atoms with van der Waals surface area (Å²) < 4.78 is 0. The number of nitrogens with zero attached hydrogens (tertiary/aromatic N) is 3. The Hall–Kier alpha value is -1.21. The maximum absolute atomic E-state index is 11.8. The number of nitrogens with two attached hydrogens (primary N) is 1. The van der Waals surface area contributed by atoms with Gasteiger partial charge in [0.15, 0.2) is 0 Å². The van der Waals surface area contributed by atoms with E-state index < -0.39 is 0 Å². The molecule has 1 atom stereocenters. The molecule has 0 radical (unpaired) electrons. The highest BCUT2D eigenvalue weighted by Crippen LogP contribution is 2.15. The van der Waals surface area contributed by atoms with Gasteiger partial charge < -0.3 is 16.0 Å². The van der Waals surface area contributed by atoms with Crippen LogP contribution >= 0.6 is 11.3 Å². The lowest BCUT2D eigenvalue weighted by Gasteiger charge is -2.23. The average Bonchev–Trinajstić information content (AvgIpc) is 3.07. The lowest BCUT2D eigenvalue weighted by atomic mass is 10.1. The zero-order chi connectivity index (χ0) is 14.4. The molecular weight excluding hydrogens is 274 g/mol. The molecule has 7 heteroatoms. The summed E-state index contributed by atoms with van der Waals surface area (Å²) in [5.74, 6) is 0.119. The van der Waals surface area contributed by atoms with Crippen LogP contribution in [0.3, 0.4) is 0 Å². The van der Waals surface area contributed by atoms with E-state index in [1.54, 1.807) is 0 Å². The van der Waals surface area contributed by atoms with Gasteiger partial charge in [0.25, 0.3) is 0 Å². The number of nitrogen functional groups attached to an aromatic ring is 1. The number of carbonyl (C=O) groups is 1. The first-order chi connectivity index (χ1) is 9.65. The molecule has 1 fully saturated rings. The summed E-state index contributed by atoms with van der Waals surface area (Å²) in [5, 5.41) is 11.9. The molecule has 1 saturated heterocycles. The molecule has 3 N–H and O–H groups in total. The zero-order valence-corrected chi connectivity index (χ0v) is 12.8. The van der Waals surface area contributed by atoms with Gasteiger partial charge in [-0.05, 0) is 39.3 Å². The van der Waals surface area contributed by atoms with Gasteiger partial charge in [0.1, 0.15) is 5.01 Å². The number of nitrogens with one attached hydrogen (secondary N) is 1. The van der Waals surface area contributed by atoms with Crippen molar-refractivity contribution in [1.29, 1.82) is 0 Å². The van der Waals surface area contributed by atoms with E-state index in [2.05, 4.69) is 27.3 Å². The second-order valence-electron chi connectivity index (χ2n) is 5.26. The largest absolute Gasteiger partial charge is 0.374 e. The first-order valence-electron chi connectivity index (χ1n) is 7.24. The van der Waals surface area contributed by atoms with Gasteiger partial charge in [-0.1, -0.05) is 11.3 Å². The van der Waals surface area contributed by atoms with E-state index in [-0.39, 0.29) is 5.91 Å². The van der Waals surface area contributed by atoms with Crippen molar-refractivity contribution in [3.8, 4) is 0 Å². The number of rotatable bonds is 7. The minimum absolute atomic E-state index is 0.119. The molecule has 1 aromatic heterocycles. The second-order valence-corrected chi connectivity index (χ2v) is 6.36. The lowest BCUT2D eigenvalue weighted by molar-refractivity contribution is -0.121. The topological polar surface area (TPSA) is 84.1 Å². The van der Waals surface area contributed by atoms with Crippen molar-refractivity contribution < 1.29 is 4.79 Å². The van der Waals surface area contributed by atoms with Crippen LogP contribution in [0.5, 0.6) is 0 Å². The van der Waals surface area contributed by atoms with E-state index in [1.165, 1.54) is 37.3 Å². The van der Waals surface area contributed by atoms with Crippen molar-refractivity contribution in [2.24, 2.45) is 0 Å². The Morgan fingerprint density at radius 1 is 1.45 bits per heavy atom. The second kappa shape index (κ2) is 7.54. The van der Waals surface area contributed by atoms with E-state index in [1.807, 2.05) is 0 Å². The Morgan fingerprint density at radius 3 is 2.85 bits per heavy atom. The van der Waals surface area contributed by atoms with Crippen LogP contribution < -0.4 is 11.1 Å². The van der Waals surface area contributed by atoms with Crippen LogP contribution in [0, 0.1) is 0 Å². The van der Waals surface area contributed by atoms with Crippen LogP contribution in [-0.2, 0) is 11.2 Å². The highest BCUT2D eigenvalue weighted by atomic mass is 32.1. The van der Waals surface area contributed by atoms with Gasteiger partial charge in [0.05, 0.1) is 0 Å². The number of aromatic nitrogens is 2. The maximum Gasteiger partial charge on any atom is 0.220 e. The number of hydrogen-bond donors (Lipinski definition) is 2. The van der Waals surface area contributed by atoms with E-state index in [0.717, 1.165) is 11.4 Å². The van der Waals surface area contributed by atoms with Gasteiger partial charge in [0.2, 0.25) is 11.0 Å². The minimum atomic E-state index is 0.119. The van der Waals surface area contributed by atoms with E-state index in [0.29, 0.717) is 30.6 Å². The molecule has 20 heavy (non-hydrogen) atoms. The molecule has 1 unspecified atom stereocenters. The first kappa shape index (κ1) is 15.2. The Morgan fingerprint density at radius 2 is 2.20 bits per heavy atom. The monoisotopic (exact) mass is 297 g/mol. The summed E-state index contributed by atoms with van der Waals surface area (Å²) in [6.07, 6.45) is 4.80. The fourth-order valence-corrected chi connectivity index (χ4v) is 3.08. The van der Waals surface area contributed by atoms with Crippen LogP contribution in [0.25, 0.3) is 0 Å². The van der Waals surface area contributed by atoms with E-state index in [9.17, 15) is 4.79 Å². The SMILES string of the molecule is CC(CCC(=O)NCCc1nnc(N)s1)N1CCCC1. The molecule has 1 amide bonds. The van der Waals surface area contributed by atoms with Crippen LogP contribution in [-0.4, -0.2) is 46.7 Å². The van der Waals surface area contributed by atoms with Crippen LogP contribution in [0.15, 0.2) is 0 Å². The number of hydrogen-bond acceptors (Lipinski definition) is 6. The molecule has 0 saturated carbocycles. The number of anilines is 1. The van der Waals surface area contributed by atoms with Crippen molar-refractivity contribution in [2.45, 2.75) is 45.1 Å². The van der Waals surface area contributed by atoms with E-state index >= 15 is 0 Å². The Balaban J connectivity index is 1.58. The van der Waals surface area contributed by atoms with E-state index in [4.69, 9.17) is 5.73 Å². The molecular formula is C13H23N5OS. The van der Waals surface area contributed by atoms with Crippen molar-refractivity contribution in [3.05, 3.63) is 5.01 Å². The molecule has 2 heterocycles. The summed E-state index contributed by atoms with van der Waals surface area (Å²) in [6, 6.07) is 0.506. The molecule has 0 spiro atoms. The molecule has 6 nitrogen and oxygen atoms in total. The number of amides is 1. The van der Waals surface area contributed by atoms with Crippen molar-refractivity contribution in [3.63, 3.8) is 0 Å². The lowest BCUT2D eigenvalue weighted by Crippen LogP contribution is -2.32. The Labute approximate surface area is 123 Å². The third-order valence-electron chi connectivity index (χ3n) is 3.70. The van der Waals surface area contributed by atoms with Gasteiger partial charge in [-0.3, -0.25) is 4.79 Å². The summed E-state index contributed by atoms with van der Waals surface area (Å²) in [5.41, 5.74) is 5.50. The maximum atomic E-state index is 11.8. The molecule has 1 aliphatic rings. The standard InChI is InChI=1S/C13H23N5OS/c1-10(18-8-2-3-9-18)4-5-11(19)15-7-6-12-16-17-13(14)20-12/h10H,2-9H2,1H3,(H2,14,17)(H,15,19). The Kier molecular flexibility index (Phi) is 5.72. The molecule has 0 bridgehead atoms. The number of likely N-dealkylation sites (tertiary alicyclic amines) is 1. The highest BCUT2D eigenvalue weighted by Gasteiger charge is 2.18. The molecule has 1 aromatic rings. The minimum Gasteiger partial charge on any atom is -0.374 e. The molecule has 112 valence electrons. The molecule has 0 aromatic carbocycles. The summed E-state index contributed by atoms with van der Waals surface area (Å²) in [4.78, 5) is 14.2. The molecule has 0 aliphatic carbocycles. The van der Waals surface area contributed by atoms with Crippen molar-refractivity contribution >= 4 is 22.4 Å². The molecule has 1 aliphatic heterocycles. The zero-order valence-electron chi connectivity index (χ0n) is 12.0. The smallest absolute Gasteiger partial charge is 0.220 e. The van der Waals surface area contributed by atoms with Crippen LogP contribution in [0.2, 0.25) is 0 Å². The third kappa shape index (κ3) is 4.72. The van der Waals surface area contributed by atoms with Gasteiger partial charge >= 0.3 is 0 Å². The highest BCUT2D eigenvalue weighted by molar-refractivity contribution is 7.15. The molecule has 2 rings (SSSR count). The van der Waals surface area contributed by atoms with Crippen LogP contribution in [0.1, 0.15) is 37.6 Å². The quantitative estimate of drug-likeness (QED) is 0.785.